The molecule has 1 unspecified atom stereocenters. The van der Waals surface area contributed by atoms with Crippen LogP contribution in [0.3, 0.4) is 0 Å². The summed E-state index contributed by atoms with van der Waals surface area (Å²) in [5.41, 5.74) is 5.58. The summed E-state index contributed by atoms with van der Waals surface area (Å²) in [5.74, 6) is -0.401. The Bertz CT molecular complexity index is 313. The summed E-state index contributed by atoms with van der Waals surface area (Å²) in [5, 5.41) is 0. The molecule has 0 aromatic carbocycles. The van der Waals surface area contributed by atoms with Crippen molar-refractivity contribution in [3.63, 3.8) is 0 Å². The van der Waals surface area contributed by atoms with Crippen LogP contribution in [0.25, 0.3) is 0 Å². The average molecular weight is 195 g/mol. The van der Waals surface area contributed by atoms with E-state index in [1.54, 1.807) is 6.92 Å². The van der Waals surface area contributed by atoms with Gasteiger partial charge in [0.1, 0.15) is 5.54 Å². The average Bonchev–Trinajstić information content (AvgIpc) is 2.28. The van der Waals surface area contributed by atoms with E-state index in [4.69, 9.17) is 5.73 Å². The second-order valence-corrected chi connectivity index (χ2v) is 4.07. The number of unbranched alkanes of at least 4 members (excludes halogenated alkanes) is 1. The summed E-state index contributed by atoms with van der Waals surface area (Å²) in [6.45, 7) is 5.25. The van der Waals surface area contributed by atoms with Crippen molar-refractivity contribution < 1.29 is 9.59 Å². The number of carbonyl (C=O) groups excluding carboxylic acids is 2. The first kappa shape index (κ1) is 11.1. The maximum absolute atomic E-state index is 11.8. The van der Waals surface area contributed by atoms with Crippen molar-refractivity contribution in [1.29, 1.82) is 0 Å². The summed E-state index contributed by atoms with van der Waals surface area (Å²) < 4.78 is 0. The molecule has 14 heavy (non-hydrogen) atoms. The van der Waals surface area contributed by atoms with Crippen LogP contribution in [0.4, 0.5) is 0 Å². The molecule has 0 fully saturated rings. The Hall–Kier alpha value is -0.960. The highest BCUT2D eigenvalue weighted by Crippen LogP contribution is 2.29. The van der Waals surface area contributed by atoms with E-state index in [1.165, 1.54) is 6.92 Å². The number of Topliss-reactive ketones (excluding diaryl/α,β-unsaturated/α-hetero) is 2. The molecule has 0 amide bonds. The zero-order valence-electron chi connectivity index (χ0n) is 9.02. The third-order valence-electron chi connectivity index (χ3n) is 2.79. The van der Waals surface area contributed by atoms with Crippen LogP contribution < -0.4 is 5.73 Å². The van der Waals surface area contributed by atoms with Gasteiger partial charge in [-0.2, -0.15) is 0 Å². The minimum atomic E-state index is -1.30. The van der Waals surface area contributed by atoms with Gasteiger partial charge in [-0.3, -0.25) is 9.59 Å². The van der Waals surface area contributed by atoms with Gasteiger partial charge in [-0.25, -0.2) is 0 Å². The Morgan fingerprint density at radius 3 is 2.21 bits per heavy atom. The first-order valence-electron chi connectivity index (χ1n) is 5.01. The molecule has 0 aromatic heterocycles. The quantitative estimate of drug-likeness (QED) is 0.692. The van der Waals surface area contributed by atoms with Gasteiger partial charge < -0.3 is 5.73 Å². The van der Waals surface area contributed by atoms with Crippen LogP contribution in [0.1, 0.15) is 40.0 Å². The van der Waals surface area contributed by atoms with Crippen LogP contribution >= 0.6 is 0 Å². The molecule has 0 saturated carbocycles. The minimum Gasteiger partial charge on any atom is -0.312 e. The Labute approximate surface area is 84.4 Å². The summed E-state index contributed by atoms with van der Waals surface area (Å²) in [7, 11) is 0. The lowest BCUT2D eigenvalue weighted by Gasteiger charge is -2.13. The third-order valence-corrected chi connectivity index (χ3v) is 2.79. The van der Waals surface area contributed by atoms with Crippen molar-refractivity contribution in [3.8, 4) is 0 Å². The van der Waals surface area contributed by atoms with Crippen LogP contribution in [0.2, 0.25) is 0 Å². The van der Waals surface area contributed by atoms with E-state index >= 15 is 0 Å². The van der Waals surface area contributed by atoms with Gasteiger partial charge in [0.15, 0.2) is 11.6 Å². The maximum atomic E-state index is 11.8. The zero-order valence-corrected chi connectivity index (χ0v) is 9.02. The molecule has 1 aliphatic carbocycles. The predicted octanol–water partition coefficient (Wildman–Crippen LogP) is 1.36. The smallest absolute Gasteiger partial charge is 0.186 e. The van der Waals surface area contributed by atoms with Gasteiger partial charge in [-0.05, 0) is 26.7 Å². The van der Waals surface area contributed by atoms with Crippen molar-refractivity contribution in [2.75, 3.05) is 0 Å². The molecule has 0 aliphatic heterocycles. The fourth-order valence-electron chi connectivity index (χ4n) is 1.77. The molecule has 0 bridgehead atoms. The second kappa shape index (κ2) is 3.65. The van der Waals surface area contributed by atoms with Gasteiger partial charge in [0, 0.05) is 11.1 Å². The molecular weight excluding hydrogens is 178 g/mol. The van der Waals surface area contributed by atoms with E-state index in [0.29, 0.717) is 17.6 Å². The molecule has 3 heteroatoms. The molecule has 1 rings (SSSR count). The normalized spacial score (nSPS) is 27.7. The number of rotatable bonds is 3. The van der Waals surface area contributed by atoms with Gasteiger partial charge in [0.2, 0.25) is 0 Å². The van der Waals surface area contributed by atoms with Crippen LogP contribution in [0.15, 0.2) is 11.1 Å². The van der Waals surface area contributed by atoms with Crippen molar-refractivity contribution in [3.05, 3.63) is 11.1 Å². The molecule has 0 heterocycles. The Balaban J connectivity index is 2.95. The molecule has 0 aromatic rings. The van der Waals surface area contributed by atoms with E-state index < -0.39 is 5.54 Å². The summed E-state index contributed by atoms with van der Waals surface area (Å²) >= 11 is 0. The van der Waals surface area contributed by atoms with E-state index in [-0.39, 0.29) is 11.6 Å². The van der Waals surface area contributed by atoms with Crippen molar-refractivity contribution in [2.45, 2.75) is 45.6 Å². The summed E-state index contributed by atoms with van der Waals surface area (Å²) in [4.78, 5) is 23.4. The Kier molecular flexibility index (Phi) is 2.90. The largest absolute Gasteiger partial charge is 0.312 e. The monoisotopic (exact) mass is 195 g/mol. The van der Waals surface area contributed by atoms with Crippen molar-refractivity contribution >= 4 is 11.6 Å². The molecule has 2 N–H and O–H groups in total. The predicted molar refractivity (Wildman–Crippen MR) is 54.8 cm³/mol. The third kappa shape index (κ3) is 1.52. The first-order chi connectivity index (χ1) is 6.42. The zero-order chi connectivity index (χ0) is 10.9. The van der Waals surface area contributed by atoms with Crippen LogP contribution in [0, 0.1) is 0 Å². The number of nitrogens with two attached hydrogens (primary N) is 1. The topological polar surface area (TPSA) is 60.2 Å². The number of hydrogen-bond donors (Lipinski definition) is 1. The molecule has 0 radical (unpaired) electrons. The molecule has 1 atom stereocenters. The van der Waals surface area contributed by atoms with E-state index in [9.17, 15) is 9.59 Å². The van der Waals surface area contributed by atoms with Crippen LogP contribution in [-0.2, 0) is 9.59 Å². The first-order valence-corrected chi connectivity index (χ1v) is 5.01. The number of hydrogen-bond acceptors (Lipinski definition) is 3. The Morgan fingerprint density at radius 1 is 1.29 bits per heavy atom. The molecule has 78 valence electrons. The SMILES string of the molecule is CCCCC1=C(C)C(=O)C(C)(N)C1=O. The van der Waals surface area contributed by atoms with Gasteiger partial charge in [0.25, 0.3) is 0 Å². The highest BCUT2D eigenvalue weighted by Gasteiger charge is 2.45. The molecular formula is C11H17NO2. The highest BCUT2D eigenvalue weighted by molar-refractivity contribution is 6.30. The van der Waals surface area contributed by atoms with E-state index in [2.05, 4.69) is 6.92 Å². The fourth-order valence-corrected chi connectivity index (χ4v) is 1.77. The Morgan fingerprint density at radius 2 is 1.86 bits per heavy atom. The lowest BCUT2D eigenvalue weighted by Crippen LogP contribution is -2.48. The summed E-state index contributed by atoms with van der Waals surface area (Å²) in [6, 6.07) is 0. The maximum Gasteiger partial charge on any atom is 0.186 e. The van der Waals surface area contributed by atoms with Crippen molar-refractivity contribution in [1.82, 2.24) is 0 Å². The van der Waals surface area contributed by atoms with Gasteiger partial charge in [-0.1, -0.05) is 13.3 Å². The molecule has 3 nitrogen and oxygen atoms in total. The van der Waals surface area contributed by atoms with Gasteiger partial charge in [-0.15, -0.1) is 0 Å². The number of carbonyl (C=O) groups is 2. The van der Waals surface area contributed by atoms with Crippen molar-refractivity contribution in [2.24, 2.45) is 5.73 Å². The molecule has 0 spiro atoms. The molecule has 0 saturated heterocycles. The second-order valence-electron chi connectivity index (χ2n) is 4.07. The lowest BCUT2D eigenvalue weighted by molar-refractivity contribution is -0.127. The minimum absolute atomic E-state index is 0.187. The molecule has 1 aliphatic rings. The number of ketones is 2. The van der Waals surface area contributed by atoms with Crippen LogP contribution in [0.5, 0.6) is 0 Å². The van der Waals surface area contributed by atoms with Gasteiger partial charge >= 0.3 is 0 Å². The van der Waals surface area contributed by atoms with Gasteiger partial charge in [0.05, 0.1) is 0 Å². The highest BCUT2D eigenvalue weighted by atomic mass is 16.2. The van der Waals surface area contributed by atoms with E-state index in [1.807, 2.05) is 0 Å². The lowest BCUT2D eigenvalue weighted by atomic mass is 9.95. The standard InChI is InChI=1S/C11H17NO2/c1-4-5-6-8-7(2)9(13)11(3,12)10(8)14/h4-6,12H2,1-3H3. The van der Waals surface area contributed by atoms with E-state index in [0.717, 1.165) is 12.8 Å². The fraction of sp³-hybridized carbons (Fsp3) is 0.636. The summed E-state index contributed by atoms with van der Waals surface area (Å²) in [6.07, 6.45) is 2.63. The van der Waals surface area contributed by atoms with Crippen LogP contribution in [-0.4, -0.2) is 17.1 Å².